The topological polar surface area (TPSA) is 144 Å². The van der Waals surface area contributed by atoms with Crippen LogP contribution < -0.4 is 20.1 Å². The fraction of sp³-hybridized carbons (Fsp3) is 0.150. The number of nitrogens with zero attached hydrogens (tertiary/aromatic N) is 3. The summed E-state index contributed by atoms with van der Waals surface area (Å²) >= 11 is 0.924. The first-order chi connectivity index (χ1) is 14.9. The van der Waals surface area contributed by atoms with Gasteiger partial charge >= 0.3 is 5.97 Å². The minimum absolute atomic E-state index is 0.0179. The number of amides is 2. The Morgan fingerprint density at radius 2 is 2.00 bits per heavy atom. The van der Waals surface area contributed by atoms with Crippen LogP contribution in [0.4, 0.5) is 5.69 Å². The summed E-state index contributed by atoms with van der Waals surface area (Å²) in [6.45, 7) is 0.170. The van der Waals surface area contributed by atoms with E-state index < -0.39 is 23.0 Å². The summed E-state index contributed by atoms with van der Waals surface area (Å²) in [6, 6.07) is 10.9. The Bertz CT molecular complexity index is 1130. The zero-order valence-electron chi connectivity index (χ0n) is 15.9. The van der Waals surface area contributed by atoms with Crippen molar-refractivity contribution in [2.75, 3.05) is 11.7 Å². The molecular formula is C20H16N4O6S. The van der Waals surface area contributed by atoms with Gasteiger partial charge in [0.05, 0.1) is 17.5 Å². The van der Waals surface area contributed by atoms with E-state index in [-0.39, 0.29) is 29.6 Å². The largest absolute Gasteiger partial charge is 0.478 e. The number of benzene rings is 2. The van der Waals surface area contributed by atoms with Crippen LogP contribution in [0.1, 0.15) is 22.3 Å². The van der Waals surface area contributed by atoms with Crippen molar-refractivity contribution in [1.29, 1.82) is 0 Å². The number of anilines is 1. The molecule has 1 unspecified atom stereocenters. The molecule has 2 aromatic carbocycles. The molecule has 0 aromatic heterocycles. The van der Waals surface area contributed by atoms with Crippen molar-refractivity contribution in [3.8, 4) is 11.5 Å². The number of amidine groups is 1. The Hall–Kier alpha value is -3.86. The summed E-state index contributed by atoms with van der Waals surface area (Å²) in [5.41, 5.74) is 6.77. The molecule has 2 aliphatic rings. The first kappa shape index (κ1) is 20.4. The van der Waals surface area contributed by atoms with E-state index in [0.29, 0.717) is 11.5 Å². The number of hydrogen-bond donors (Lipinski definition) is 2. The average Bonchev–Trinajstić information content (AvgIpc) is 3.31. The number of carboxylic acid groups (broad SMARTS) is 1. The second kappa shape index (κ2) is 8.48. The van der Waals surface area contributed by atoms with E-state index in [9.17, 15) is 14.4 Å². The molecule has 0 aliphatic carbocycles. The summed E-state index contributed by atoms with van der Waals surface area (Å²) in [4.78, 5) is 37.2. The van der Waals surface area contributed by atoms with E-state index in [1.54, 1.807) is 18.2 Å². The van der Waals surface area contributed by atoms with Gasteiger partial charge < -0.3 is 20.3 Å². The zero-order chi connectivity index (χ0) is 22.0. The lowest BCUT2D eigenvalue weighted by Gasteiger charge is -2.15. The van der Waals surface area contributed by atoms with E-state index in [1.165, 1.54) is 30.5 Å². The van der Waals surface area contributed by atoms with Gasteiger partial charge in [-0.1, -0.05) is 17.8 Å². The monoisotopic (exact) mass is 440 g/mol. The maximum Gasteiger partial charge on any atom is 0.335 e. The maximum atomic E-state index is 12.7. The molecule has 3 N–H and O–H groups in total. The molecule has 2 amide bonds. The Morgan fingerprint density at radius 3 is 2.81 bits per heavy atom. The Kier molecular flexibility index (Phi) is 5.58. The van der Waals surface area contributed by atoms with Crippen LogP contribution in [0.2, 0.25) is 0 Å². The molecule has 10 nitrogen and oxygen atoms in total. The minimum atomic E-state index is -1.15. The molecule has 1 atom stereocenters. The Balaban J connectivity index is 1.42. The Morgan fingerprint density at radius 1 is 1.19 bits per heavy atom. The molecule has 0 radical (unpaired) electrons. The van der Waals surface area contributed by atoms with E-state index in [4.69, 9.17) is 20.3 Å². The summed E-state index contributed by atoms with van der Waals surface area (Å²) in [7, 11) is 0. The number of ether oxygens (including phenoxy) is 2. The van der Waals surface area contributed by atoms with Gasteiger partial charge in [0.1, 0.15) is 5.25 Å². The number of carbonyl (C=O) groups is 3. The minimum Gasteiger partial charge on any atom is -0.478 e. The van der Waals surface area contributed by atoms with E-state index in [2.05, 4.69) is 10.2 Å². The fourth-order valence-corrected chi connectivity index (χ4v) is 3.88. The Labute approximate surface area is 180 Å². The quantitative estimate of drug-likeness (QED) is 0.310. The lowest BCUT2D eigenvalue weighted by atomic mass is 10.2. The SMILES string of the molecule is NC(=NN=Cc1ccc2c(c1)OCO2)SC1CC(=O)N(c2cccc(C(=O)O)c2)C1=O. The molecule has 2 heterocycles. The van der Waals surface area contributed by atoms with Crippen LogP contribution >= 0.6 is 11.8 Å². The number of rotatable bonds is 5. The number of fused-ring (bicyclic) bond motifs is 1. The predicted octanol–water partition coefficient (Wildman–Crippen LogP) is 1.83. The summed E-state index contributed by atoms with van der Waals surface area (Å²) in [5.74, 6) is -0.823. The van der Waals surface area contributed by atoms with Gasteiger partial charge in [-0.25, -0.2) is 9.69 Å². The van der Waals surface area contributed by atoms with Gasteiger partial charge in [0.2, 0.25) is 18.6 Å². The lowest BCUT2D eigenvalue weighted by Crippen LogP contribution is -2.32. The normalized spacial score (nSPS) is 18.3. The molecule has 1 saturated heterocycles. The molecule has 0 bridgehead atoms. The predicted molar refractivity (Wildman–Crippen MR) is 114 cm³/mol. The molecule has 0 spiro atoms. The first-order valence-electron chi connectivity index (χ1n) is 9.05. The van der Waals surface area contributed by atoms with Gasteiger partial charge in [-0.15, -0.1) is 5.10 Å². The van der Waals surface area contributed by atoms with Gasteiger partial charge in [-0.2, -0.15) is 5.10 Å². The van der Waals surface area contributed by atoms with Crippen molar-refractivity contribution in [2.45, 2.75) is 11.7 Å². The highest BCUT2D eigenvalue weighted by atomic mass is 32.2. The van der Waals surface area contributed by atoms with Crippen LogP contribution in [-0.2, 0) is 9.59 Å². The van der Waals surface area contributed by atoms with Gasteiger partial charge in [-0.3, -0.25) is 9.59 Å². The molecule has 4 rings (SSSR count). The molecule has 1 fully saturated rings. The van der Waals surface area contributed by atoms with Gasteiger partial charge in [0.15, 0.2) is 16.7 Å². The van der Waals surface area contributed by atoms with Crippen molar-refractivity contribution >= 4 is 46.6 Å². The second-order valence-electron chi connectivity index (χ2n) is 6.53. The van der Waals surface area contributed by atoms with Crippen molar-refractivity contribution in [1.82, 2.24) is 0 Å². The van der Waals surface area contributed by atoms with Crippen molar-refractivity contribution in [2.24, 2.45) is 15.9 Å². The third-order valence-corrected chi connectivity index (χ3v) is 5.46. The van der Waals surface area contributed by atoms with E-state index in [1.807, 2.05) is 0 Å². The van der Waals surface area contributed by atoms with Crippen LogP contribution in [0.15, 0.2) is 52.7 Å². The third-order valence-electron chi connectivity index (χ3n) is 4.48. The highest BCUT2D eigenvalue weighted by Crippen LogP contribution is 2.32. The van der Waals surface area contributed by atoms with Crippen LogP contribution in [0.5, 0.6) is 11.5 Å². The second-order valence-corrected chi connectivity index (χ2v) is 7.75. The number of aromatic carboxylic acids is 1. The average molecular weight is 440 g/mol. The number of imide groups is 1. The molecule has 2 aliphatic heterocycles. The molecule has 2 aromatic rings. The smallest absolute Gasteiger partial charge is 0.335 e. The molecule has 0 saturated carbocycles. The third kappa shape index (κ3) is 4.36. The summed E-state index contributed by atoms with van der Waals surface area (Å²) in [5, 5.41) is 16.1. The van der Waals surface area contributed by atoms with Crippen molar-refractivity contribution in [3.05, 3.63) is 53.6 Å². The molecule has 31 heavy (non-hydrogen) atoms. The van der Waals surface area contributed by atoms with Gasteiger partial charge in [0.25, 0.3) is 0 Å². The van der Waals surface area contributed by atoms with Gasteiger partial charge in [0, 0.05) is 6.42 Å². The standard InChI is InChI=1S/C20H16N4O6S/c21-20(23-22-9-11-4-5-14-15(6-11)30-10-29-14)31-16-8-17(25)24(18(16)26)13-3-1-2-12(7-13)19(27)28/h1-7,9,16H,8,10H2,(H2,21,23)(H,27,28). The van der Waals surface area contributed by atoms with E-state index in [0.717, 1.165) is 22.2 Å². The number of nitrogens with two attached hydrogens (primary N) is 1. The number of hydrogen-bond acceptors (Lipinski definition) is 8. The highest BCUT2D eigenvalue weighted by molar-refractivity contribution is 8.14. The van der Waals surface area contributed by atoms with Crippen molar-refractivity contribution in [3.63, 3.8) is 0 Å². The highest BCUT2D eigenvalue weighted by Gasteiger charge is 2.40. The number of carbonyl (C=O) groups excluding carboxylic acids is 2. The molecule has 158 valence electrons. The van der Waals surface area contributed by atoms with Crippen LogP contribution in [0.3, 0.4) is 0 Å². The van der Waals surface area contributed by atoms with Gasteiger partial charge in [-0.05, 0) is 42.0 Å². The number of carboxylic acids is 1. The maximum absolute atomic E-state index is 12.7. The van der Waals surface area contributed by atoms with Crippen molar-refractivity contribution < 1.29 is 29.0 Å². The van der Waals surface area contributed by atoms with Crippen LogP contribution in [-0.4, -0.2) is 46.3 Å². The van der Waals surface area contributed by atoms with E-state index >= 15 is 0 Å². The zero-order valence-corrected chi connectivity index (χ0v) is 16.7. The summed E-state index contributed by atoms with van der Waals surface area (Å²) in [6.07, 6.45) is 1.39. The van der Waals surface area contributed by atoms with Crippen LogP contribution in [0, 0.1) is 0 Å². The number of thioether (sulfide) groups is 1. The molecule has 11 heteroatoms. The first-order valence-corrected chi connectivity index (χ1v) is 9.93. The lowest BCUT2D eigenvalue weighted by molar-refractivity contribution is -0.121. The fourth-order valence-electron chi connectivity index (χ4n) is 3.06. The van der Waals surface area contributed by atoms with Crippen LogP contribution in [0.25, 0.3) is 0 Å². The molecular weight excluding hydrogens is 424 g/mol. The summed E-state index contributed by atoms with van der Waals surface area (Å²) < 4.78 is 10.5.